The topological polar surface area (TPSA) is 75.7 Å². The number of rotatable bonds is 5. The Morgan fingerprint density at radius 1 is 1.25 bits per heavy atom. The molecule has 0 saturated carbocycles. The SMILES string of the molecule is O=C(CN1C(=O)N[C@@]2(CCCc3sccc32)C1=O)c1ccc(OC(F)F)cc1. The van der Waals surface area contributed by atoms with Gasteiger partial charge in [-0.1, -0.05) is 0 Å². The smallest absolute Gasteiger partial charge is 0.387 e. The number of ketones is 1. The molecular formula is C19H16F2N2O4S. The van der Waals surface area contributed by atoms with Crippen LogP contribution in [0.1, 0.15) is 33.6 Å². The number of ether oxygens (including phenoxy) is 1. The maximum atomic E-state index is 13.1. The highest BCUT2D eigenvalue weighted by Crippen LogP contribution is 2.42. The zero-order chi connectivity index (χ0) is 19.9. The fourth-order valence-corrected chi connectivity index (χ4v) is 4.74. The second kappa shape index (κ2) is 6.97. The molecule has 0 radical (unpaired) electrons. The number of urea groups is 1. The normalized spacial score (nSPS) is 21.2. The molecule has 0 bridgehead atoms. The molecule has 0 unspecified atom stereocenters. The molecule has 1 fully saturated rings. The second-order valence-electron chi connectivity index (χ2n) is 6.66. The molecular weight excluding hydrogens is 390 g/mol. The van der Waals surface area contributed by atoms with Crippen molar-refractivity contribution in [2.45, 2.75) is 31.4 Å². The number of imide groups is 1. The van der Waals surface area contributed by atoms with E-state index < -0.39 is 36.4 Å². The number of hydrogen-bond acceptors (Lipinski definition) is 5. The van der Waals surface area contributed by atoms with Crippen LogP contribution in [0.15, 0.2) is 35.7 Å². The van der Waals surface area contributed by atoms with Crippen LogP contribution in [0.25, 0.3) is 0 Å². The zero-order valence-corrected chi connectivity index (χ0v) is 15.4. The number of nitrogens with one attached hydrogen (secondary N) is 1. The van der Waals surface area contributed by atoms with Gasteiger partial charge in [0.2, 0.25) is 0 Å². The summed E-state index contributed by atoms with van der Waals surface area (Å²) in [5, 5.41) is 4.68. The van der Waals surface area contributed by atoms with E-state index in [1.807, 2.05) is 11.4 Å². The van der Waals surface area contributed by atoms with Gasteiger partial charge in [-0.15, -0.1) is 11.3 Å². The van der Waals surface area contributed by atoms with Gasteiger partial charge in [0.25, 0.3) is 5.91 Å². The average molecular weight is 406 g/mol. The number of carbonyl (C=O) groups is 3. The number of alkyl halides is 2. The first-order chi connectivity index (χ1) is 13.4. The van der Waals surface area contributed by atoms with Crippen LogP contribution in [0.3, 0.4) is 0 Å². The molecule has 2 aromatic rings. The van der Waals surface area contributed by atoms with Crippen molar-refractivity contribution in [3.05, 3.63) is 51.7 Å². The molecule has 1 spiro atoms. The van der Waals surface area contributed by atoms with Crippen molar-refractivity contribution in [2.24, 2.45) is 0 Å². The molecule has 2 aliphatic rings. The monoisotopic (exact) mass is 406 g/mol. The summed E-state index contributed by atoms with van der Waals surface area (Å²) >= 11 is 1.55. The second-order valence-corrected chi connectivity index (χ2v) is 7.66. The number of amides is 3. The van der Waals surface area contributed by atoms with Gasteiger partial charge in [-0.25, -0.2) is 4.79 Å². The molecule has 1 N–H and O–H groups in total. The van der Waals surface area contributed by atoms with E-state index in [9.17, 15) is 23.2 Å². The van der Waals surface area contributed by atoms with Crippen LogP contribution in [-0.2, 0) is 16.8 Å². The van der Waals surface area contributed by atoms with Crippen molar-refractivity contribution in [1.82, 2.24) is 10.2 Å². The van der Waals surface area contributed by atoms with Crippen molar-refractivity contribution < 1.29 is 27.9 Å². The number of halogens is 2. The quantitative estimate of drug-likeness (QED) is 0.611. The largest absolute Gasteiger partial charge is 0.435 e. The van der Waals surface area contributed by atoms with E-state index in [0.717, 1.165) is 28.2 Å². The molecule has 2 heterocycles. The van der Waals surface area contributed by atoms with E-state index in [1.54, 1.807) is 11.3 Å². The minimum Gasteiger partial charge on any atom is -0.435 e. The Morgan fingerprint density at radius 2 is 2.00 bits per heavy atom. The summed E-state index contributed by atoms with van der Waals surface area (Å²) in [6, 6.07) is 6.38. The van der Waals surface area contributed by atoms with Gasteiger partial charge >= 0.3 is 12.6 Å². The summed E-state index contributed by atoms with van der Waals surface area (Å²) in [4.78, 5) is 40.1. The van der Waals surface area contributed by atoms with Gasteiger partial charge in [0.15, 0.2) is 5.78 Å². The van der Waals surface area contributed by atoms with Gasteiger partial charge in [-0.3, -0.25) is 14.5 Å². The Balaban J connectivity index is 1.52. The van der Waals surface area contributed by atoms with Crippen LogP contribution in [-0.4, -0.2) is 35.8 Å². The summed E-state index contributed by atoms with van der Waals surface area (Å²) in [6.45, 7) is -3.37. The highest BCUT2D eigenvalue weighted by atomic mass is 32.1. The Labute approximate surface area is 163 Å². The predicted octanol–water partition coefficient (Wildman–Crippen LogP) is 3.32. The Kier molecular flexibility index (Phi) is 4.62. The number of aryl methyl sites for hydroxylation is 1. The lowest BCUT2D eigenvalue weighted by molar-refractivity contribution is -0.131. The molecule has 4 rings (SSSR count). The zero-order valence-electron chi connectivity index (χ0n) is 14.6. The van der Waals surface area contributed by atoms with Gasteiger partial charge in [0.1, 0.15) is 11.3 Å². The maximum Gasteiger partial charge on any atom is 0.387 e. The summed E-state index contributed by atoms with van der Waals surface area (Å²) in [5.41, 5.74) is -0.0894. The van der Waals surface area contributed by atoms with Gasteiger partial charge in [0.05, 0.1) is 6.54 Å². The minimum absolute atomic E-state index is 0.0762. The highest BCUT2D eigenvalue weighted by molar-refractivity contribution is 7.10. The van der Waals surface area contributed by atoms with Crippen molar-refractivity contribution in [2.75, 3.05) is 6.54 Å². The van der Waals surface area contributed by atoms with Gasteiger partial charge in [0, 0.05) is 16.0 Å². The molecule has 6 nitrogen and oxygen atoms in total. The average Bonchev–Trinajstić information content (AvgIpc) is 3.22. The molecule has 1 aliphatic heterocycles. The molecule has 28 heavy (non-hydrogen) atoms. The molecule has 1 saturated heterocycles. The Hall–Kier alpha value is -2.81. The molecule has 1 aliphatic carbocycles. The third-order valence-electron chi connectivity index (χ3n) is 5.04. The molecule has 1 aromatic heterocycles. The summed E-state index contributed by atoms with van der Waals surface area (Å²) in [7, 11) is 0. The lowest BCUT2D eigenvalue weighted by atomic mass is 9.80. The Bertz CT molecular complexity index is 944. The number of nitrogens with zero attached hydrogens (tertiary/aromatic N) is 1. The lowest BCUT2D eigenvalue weighted by Crippen LogP contribution is -2.46. The van der Waals surface area contributed by atoms with Gasteiger partial charge in [-0.2, -0.15) is 8.78 Å². The van der Waals surface area contributed by atoms with Crippen LogP contribution < -0.4 is 10.1 Å². The minimum atomic E-state index is -2.96. The fraction of sp³-hybridized carbons (Fsp3) is 0.316. The molecule has 1 atom stereocenters. The van der Waals surface area contributed by atoms with E-state index in [1.165, 1.54) is 24.3 Å². The van der Waals surface area contributed by atoms with Crippen LogP contribution in [0.5, 0.6) is 5.75 Å². The first-order valence-corrected chi connectivity index (χ1v) is 9.58. The van der Waals surface area contributed by atoms with Gasteiger partial charge in [-0.05, 0) is 55.0 Å². The van der Waals surface area contributed by atoms with Crippen molar-refractivity contribution in [1.29, 1.82) is 0 Å². The van der Waals surface area contributed by atoms with Crippen molar-refractivity contribution in [3.63, 3.8) is 0 Å². The third kappa shape index (κ3) is 3.05. The van der Waals surface area contributed by atoms with E-state index >= 15 is 0 Å². The lowest BCUT2D eigenvalue weighted by Gasteiger charge is -2.31. The fourth-order valence-electron chi connectivity index (χ4n) is 3.74. The number of Topliss-reactive ketones (excluding diaryl/α,β-unsaturated/α-hetero) is 1. The van der Waals surface area contributed by atoms with Crippen LogP contribution >= 0.6 is 11.3 Å². The van der Waals surface area contributed by atoms with Gasteiger partial charge < -0.3 is 10.1 Å². The summed E-state index contributed by atoms with van der Waals surface area (Å²) < 4.78 is 28.7. The van der Waals surface area contributed by atoms with Crippen LogP contribution in [0.4, 0.5) is 13.6 Å². The van der Waals surface area contributed by atoms with Crippen LogP contribution in [0.2, 0.25) is 0 Å². The first-order valence-electron chi connectivity index (χ1n) is 8.70. The predicted molar refractivity (Wildman–Crippen MR) is 96.6 cm³/mol. The number of carbonyl (C=O) groups excluding carboxylic acids is 3. The van der Waals surface area contributed by atoms with E-state index in [-0.39, 0.29) is 11.3 Å². The number of hydrogen-bond donors (Lipinski definition) is 1. The summed E-state index contributed by atoms with van der Waals surface area (Å²) in [5.74, 6) is -0.971. The van der Waals surface area contributed by atoms with E-state index in [2.05, 4.69) is 10.1 Å². The highest BCUT2D eigenvalue weighted by Gasteiger charge is 2.54. The number of fused-ring (bicyclic) bond motifs is 2. The maximum absolute atomic E-state index is 13.1. The van der Waals surface area contributed by atoms with Crippen LogP contribution in [0, 0.1) is 0 Å². The molecule has 9 heteroatoms. The molecule has 146 valence electrons. The summed E-state index contributed by atoms with van der Waals surface area (Å²) in [6.07, 6.45) is 2.13. The number of thiophene rings is 1. The Morgan fingerprint density at radius 3 is 2.71 bits per heavy atom. The number of benzene rings is 1. The standard InChI is InChI=1S/C19H16F2N2O4S/c20-17(21)27-12-5-3-11(4-6-12)14(24)10-23-16(25)19(22-18(23)26)8-1-2-15-13(19)7-9-28-15/h3-7,9,17H,1-2,8,10H2,(H,22,26)/t19-/m1/s1. The third-order valence-corrected chi connectivity index (χ3v) is 6.02. The molecule has 3 amide bonds. The first kappa shape index (κ1) is 18.5. The van der Waals surface area contributed by atoms with Crippen molar-refractivity contribution in [3.8, 4) is 5.75 Å². The van der Waals surface area contributed by atoms with Crippen molar-refractivity contribution >= 4 is 29.1 Å². The molecule has 1 aromatic carbocycles. The van der Waals surface area contributed by atoms with E-state index in [0.29, 0.717) is 6.42 Å². The van der Waals surface area contributed by atoms with E-state index in [4.69, 9.17) is 0 Å².